The number of nitrogens with zero attached hydrogens (tertiary/aromatic N) is 4. The predicted molar refractivity (Wildman–Crippen MR) is 255 cm³/mol. The third kappa shape index (κ3) is 9.44. The second-order valence-electron chi connectivity index (χ2n) is 18.8. The van der Waals surface area contributed by atoms with E-state index in [0.717, 1.165) is 86.4 Å². The number of thiophene rings is 2. The molecule has 12 nitrogen and oxygen atoms in total. The Kier molecular flexibility index (Phi) is 13.4. The minimum absolute atomic E-state index is 0.0152. The van der Waals surface area contributed by atoms with Gasteiger partial charge in [0.25, 0.3) is 0 Å². The lowest BCUT2D eigenvalue weighted by molar-refractivity contribution is -0.169. The zero-order valence-electron chi connectivity index (χ0n) is 37.0. The number of H-pyrrole nitrogens is 1. The van der Waals surface area contributed by atoms with Crippen LogP contribution in [0.5, 0.6) is 5.75 Å². The van der Waals surface area contributed by atoms with Gasteiger partial charge in [-0.3, -0.25) is 4.79 Å². The highest BCUT2D eigenvalue weighted by molar-refractivity contribution is 7.16. The van der Waals surface area contributed by atoms with Crippen LogP contribution in [0.3, 0.4) is 0 Å². The lowest BCUT2D eigenvalue weighted by Crippen LogP contribution is -2.43. The van der Waals surface area contributed by atoms with E-state index in [4.69, 9.17) is 20.8 Å². The molecule has 6 aromatic rings. The minimum Gasteiger partial charge on any atom is -0.506 e. The molecule has 4 heterocycles. The van der Waals surface area contributed by atoms with Crippen LogP contribution in [0.1, 0.15) is 97.4 Å². The molecule has 0 aliphatic heterocycles. The number of aromatic nitrogens is 4. The Bertz CT molecular complexity index is 2630. The van der Waals surface area contributed by atoms with E-state index in [2.05, 4.69) is 77.2 Å². The molecular formula is C47H59ClN6O6S2Si. The van der Waals surface area contributed by atoms with E-state index < -0.39 is 19.9 Å². The molecule has 1 unspecified atom stereocenters. The number of rotatable bonds is 16. The smallest absolute Gasteiger partial charge is 0.349 e. The van der Waals surface area contributed by atoms with Crippen molar-refractivity contribution in [2.45, 2.75) is 127 Å². The van der Waals surface area contributed by atoms with Crippen molar-refractivity contribution in [1.82, 2.24) is 30.2 Å². The molecule has 8 rings (SSSR count). The van der Waals surface area contributed by atoms with Gasteiger partial charge in [-0.1, -0.05) is 49.7 Å². The van der Waals surface area contributed by atoms with Crippen LogP contribution >= 0.6 is 34.3 Å². The summed E-state index contributed by atoms with van der Waals surface area (Å²) in [5.41, 5.74) is 5.26. The summed E-state index contributed by atoms with van der Waals surface area (Å²) in [6.45, 7) is 14.1. The predicted octanol–water partition coefficient (Wildman–Crippen LogP) is 9.21. The lowest BCUT2D eigenvalue weighted by Gasteiger charge is -2.39. The largest absolute Gasteiger partial charge is 0.506 e. The second-order valence-corrected chi connectivity index (χ2v) is 26.2. The number of aromatic amines is 1. The average molecular weight is 932 g/mol. The van der Waals surface area contributed by atoms with Crippen LogP contribution in [0.4, 0.5) is 0 Å². The Morgan fingerprint density at radius 1 is 1.08 bits per heavy atom. The first-order chi connectivity index (χ1) is 30.0. The highest BCUT2D eigenvalue weighted by Crippen LogP contribution is 2.43. The van der Waals surface area contributed by atoms with E-state index in [1.165, 1.54) is 45.4 Å². The summed E-state index contributed by atoms with van der Waals surface area (Å²) in [5, 5.41) is 38.1. The van der Waals surface area contributed by atoms with Gasteiger partial charge in [-0.15, -0.1) is 27.8 Å². The number of hydrogen-bond donors (Lipinski definition) is 4. The van der Waals surface area contributed by atoms with E-state index >= 15 is 0 Å². The SMILES string of the molecule is CN(CCCn1nnc2cc(CNCC(O[Si](C)(C)C(C)(C)C)c3ccc(O)c4[nH]c(=O)ccc34)c3c(c21)CCC3)[C@H]1CC[C@H](OC(=O)[C@@](O)(c2cccs2)c2ccc(Cl)s2)CC1. The summed E-state index contributed by atoms with van der Waals surface area (Å²) in [5.74, 6) is -0.604. The molecule has 63 heavy (non-hydrogen) atoms. The van der Waals surface area contributed by atoms with E-state index in [-0.39, 0.29) is 28.6 Å². The lowest BCUT2D eigenvalue weighted by atomic mass is 9.91. The Labute approximate surface area is 382 Å². The summed E-state index contributed by atoms with van der Waals surface area (Å²) in [7, 11) is -0.0503. The van der Waals surface area contributed by atoms with E-state index in [1.807, 2.05) is 17.5 Å². The Morgan fingerprint density at radius 2 is 1.86 bits per heavy atom. The fraction of sp³-hybridized carbons (Fsp3) is 0.489. The third-order valence-corrected chi connectivity index (χ3v) is 20.4. The molecule has 2 aromatic carbocycles. The number of phenolic OH excluding ortho intramolecular Hbond substituents is 1. The fourth-order valence-corrected chi connectivity index (χ4v) is 12.4. The van der Waals surface area contributed by atoms with E-state index in [0.29, 0.717) is 38.7 Å². The maximum Gasteiger partial charge on any atom is 0.349 e. The number of carbonyl (C=O) groups excluding carboxylic acids is 1. The fourth-order valence-electron chi connectivity index (χ4n) is 9.09. The Balaban J connectivity index is 0.885. The molecule has 4 N–H and O–H groups in total. The monoisotopic (exact) mass is 930 g/mol. The number of aromatic hydroxyl groups is 1. The molecule has 2 aliphatic rings. The summed E-state index contributed by atoms with van der Waals surface area (Å²) in [4.78, 5) is 32.0. The number of aliphatic hydroxyl groups is 1. The molecule has 0 amide bonds. The second kappa shape index (κ2) is 18.5. The molecule has 1 fully saturated rings. The van der Waals surface area contributed by atoms with Crippen LogP contribution in [0, 0.1) is 0 Å². The molecule has 0 bridgehead atoms. The van der Waals surface area contributed by atoms with Gasteiger partial charge in [0.1, 0.15) is 17.4 Å². The van der Waals surface area contributed by atoms with Crippen molar-refractivity contribution in [3.8, 4) is 5.75 Å². The zero-order valence-corrected chi connectivity index (χ0v) is 40.4. The molecule has 0 spiro atoms. The van der Waals surface area contributed by atoms with Crippen LogP contribution in [0.15, 0.2) is 64.8 Å². The summed E-state index contributed by atoms with van der Waals surface area (Å²) >= 11 is 8.72. The van der Waals surface area contributed by atoms with Crippen molar-refractivity contribution in [3.63, 3.8) is 0 Å². The molecule has 0 radical (unpaired) electrons. The van der Waals surface area contributed by atoms with Crippen molar-refractivity contribution < 1.29 is 24.2 Å². The molecule has 4 aromatic heterocycles. The highest BCUT2D eigenvalue weighted by Gasteiger charge is 2.45. The number of phenols is 1. The Morgan fingerprint density at radius 3 is 2.57 bits per heavy atom. The van der Waals surface area contributed by atoms with Crippen LogP contribution < -0.4 is 10.9 Å². The number of hydrogen-bond acceptors (Lipinski definition) is 12. The number of nitrogens with one attached hydrogen (secondary N) is 2. The average Bonchev–Trinajstić information content (AvgIpc) is 4.09. The standard InChI is InChI=1S/C47H59ClN6O6S2Si/c1-46(2,3)63(5,6)60-38(33-17-19-37(55)43-34(33)18-22-42(56)50-43)28-49-27-29-26-36-44(35-11-7-10-32(29)35)54(52-51-36)24-9-23-53(4)30-13-15-31(16-14-30)59-45(57)47(58,39-12-8-25-61-39)40-20-21-41(48)62-40/h8,12,17-22,25-26,30-31,38,49,55,58H,7,9-11,13-16,23-24,27-28H2,1-6H3,(H,50,56)/t30-,31-,38?,47-/m1/s1. The number of fused-ring (bicyclic) bond motifs is 4. The summed E-state index contributed by atoms with van der Waals surface area (Å²) in [6.07, 6.45) is 6.77. The molecule has 0 saturated heterocycles. The maximum absolute atomic E-state index is 13.6. The van der Waals surface area contributed by atoms with Crippen LogP contribution in [0.25, 0.3) is 21.9 Å². The molecule has 16 heteroatoms. The summed E-state index contributed by atoms with van der Waals surface area (Å²) < 4.78 is 15.7. The number of halogens is 1. The molecule has 1 saturated carbocycles. The normalized spacial score (nSPS) is 18.6. The quantitative estimate of drug-likeness (QED) is 0.0546. The number of ether oxygens (including phenoxy) is 1. The van der Waals surface area contributed by atoms with Crippen molar-refractivity contribution in [1.29, 1.82) is 0 Å². The van der Waals surface area contributed by atoms with Crippen molar-refractivity contribution in [2.24, 2.45) is 0 Å². The zero-order chi connectivity index (χ0) is 44.7. The van der Waals surface area contributed by atoms with E-state index in [1.54, 1.807) is 30.3 Å². The van der Waals surface area contributed by atoms with Gasteiger partial charge in [-0.05, 0) is 147 Å². The van der Waals surface area contributed by atoms with Gasteiger partial charge in [0.2, 0.25) is 11.2 Å². The van der Waals surface area contributed by atoms with Crippen molar-refractivity contribution in [3.05, 3.63) is 107 Å². The first-order valence-electron chi connectivity index (χ1n) is 22.1. The number of aryl methyl sites for hydroxylation is 2. The topological polar surface area (TPSA) is 155 Å². The number of esters is 1. The minimum atomic E-state index is -2.23. The first-order valence-corrected chi connectivity index (χ1v) is 27.1. The molecule has 2 atom stereocenters. The third-order valence-electron chi connectivity index (χ3n) is 13.6. The van der Waals surface area contributed by atoms with E-state index in [9.17, 15) is 19.8 Å². The number of pyridine rings is 1. The Hall–Kier alpha value is -3.93. The molecular weight excluding hydrogens is 872 g/mol. The molecule has 336 valence electrons. The van der Waals surface area contributed by atoms with Gasteiger partial charge in [-0.2, -0.15) is 0 Å². The molecule has 2 aliphatic carbocycles. The van der Waals surface area contributed by atoms with Gasteiger partial charge in [-0.25, -0.2) is 9.48 Å². The van der Waals surface area contributed by atoms with Gasteiger partial charge in [0.15, 0.2) is 8.32 Å². The number of carbonyl (C=O) groups is 1. The summed E-state index contributed by atoms with van der Waals surface area (Å²) in [6, 6.07) is 16.4. The van der Waals surface area contributed by atoms with Gasteiger partial charge in [0.05, 0.1) is 31.2 Å². The van der Waals surface area contributed by atoms with Crippen molar-refractivity contribution in [2.75, 3.05) is 20.1 Å². The van der Waals surface area contributed by atoms with Gasteiger partial charge < -0.3 is 34.6 Å². The number of benzene rings is 2. The first kappa shape index (κ1) is 45.6. The van der Waals surface area contributed by atoms with Crippen molar-refractivity contribution >= 4 is 70.5 Å². The highest BCUT2D eigenvalue weighted by atomic mass is 35.5. The van der Waals surface area contributed by atoms with Crippen LogP contribution in [-0.2, 0) is 45.5 Å². The van der Waals surface area contributed by atoms with Gasteiger partial charge in [0, 0.05) is 37.1 Å². The van der Waals surface area contributed by atoms with Gasteiger partial charge >= 0.3 is 5.97 Å². The maximum atomic E-state index is 13.6. The van der Waals surface area contributed by atoms with Crippen LogP contribution in [-0.4, -0.2) is 81.7 Å². The van der Waals surface area contributed by atoms with Crippen LogP contribution in [0.2, 0.25) is 22.5 Å².